The summed E-state index contributed by atoms with van der Waals surface area (Å²) >= 11 is 0. The Balaban J connectivity index is 1.81. The molecule has 1 unspecified atom stereocenters. The Morgan fingerprint density at radius 2 is 1.67 bits per heavy atom. The number of benzene rings is 2. The third-order valence-corrected chi connectivity index (χ3v) is 3.69. The van der Waals surface area contributed by atoms with Gasteiger partial charge in [0.25, 0.3) is 5.91 Å². The lowest BCUT2D eigenvalue weighted by atomic mass is 10.1. The predicted molar refractivity (Wildman–Crippen MR) is 101 cm³/mol. The molecule has 1 atom stereocenters. The number of hydrogen-bond donors (Lipinski definition) is 2. The Kier molecular flexibility index (Phi) is 7.49. The average molecular weight is 372 g/mol. The Morgan fingerprint density at radius 3 is 2.33 bits per heavy atom. The fourth-order valence-electron chi connectivity index (χ4n) is 2.34. The van der Waals surface area contributed by atoms with Gasteiger partial charge in [0.1, 0.15) is 17.2 Å². The van der Waals surface area contributed by atoms with E-state index in [9.17, 15) is 9.59 Å². The highest BCUT2D eigenvalue weighted by atomic mass is 16.5. The smallest absolute Gasteiger partial charge is 0.279 e. The summed E-state index contributed by atoms with van der Waals surface area (Å²) in [5.74, 6) is 1.05. The maximum absolute atomic E-state index is 12.1. The minimum atomic E-state index is -0.783. The van der Waals surface area contributed by atoms with Crippen LogP contribution in [-0.4, -0.2) is 31.6 Å². The minimum Gasteiger partial charge on any atom is -0.496 e. The molecule has 2 N–H and O–H groups in total. The number of amides is 2. The molecule has 2 aromatic rings. The summed E-state index contributed by atoms with van der Waals surface area (Å²) in [4.78, 5) is 24.1. The number of carbonyl (C=O) groups is 2. The van der Waals surface area contributed by atoms with Crippen LogP contribution >= 0.6 is 0 Å². The van der Waals surface area contributed by atoms with Gasteiger partial charge >= 0.3 is 0 Å². The van der Waals surface area contributed by atoms with E-state index < -0.39 is 12.0 Å². The van der Waals surface area contributed by atoms with E-state index in [1.165, 1.54) is 0 Å². The summed E-state index contributed by atoms with van der Waals surface area (Å²) in [7, 11) is 1.54. The number of hydrogen-bond acceptors (Lipinski definition) is 5. The number of methoxy groups -OCH3 is 1. The van der Waals surface area contributed by atoms with Crippen LogP contribution in [0.2, 0.25) is 0 Å². The van der Waals surface area contributed by atoms with Crippen molar-refractivity contribution in [3.63, 3.8) is 0 Å². The highest BCUT2D eigenvalue weighted by Crippen LogP contribution is 2.19. The number of carbonyl (C=O) groups excluding carboxylic acids is 2. The van der Waals surface area contributed by atoms with Gasteiger partial charge in [0.2, 0.25) is 5.91 Å². The van der Waals surface area contributed by atoms with Crippen molar-refractivity contribution < 1.29 is 23.8 Å². The molecular weight excluding hydrogens is 348 g/mol. The van der Waals surface area contributed by atoms with Crippen molar-refractivity contribution in [2.45, 2.75) is 26.4 Å². The monoisotopic (exact) mass is 372 g/mol. The molecule has 0 saturated carbocycles. The van der Waals surface area contributed by atoms with Gasteiger partial charge in [-0.15, -0.1) is 0 Å². The number of hydrazine groups is 1. The minimum absolute atomic E-state index is 0.0818. The lowest BCUT2D eigenvalue weighted by Gasteiger charge is -2.15. The highest BCUT2D eigenvalue weighted by molar-refractivity contribution is 5.85. The second kappa shape index (κ2) is 10.1. The van der Waals surface area contributed by atoms with Crippen molar-refractivity contribution in [1.29, 1.82) is 0 Å². The van der Waals surface area contributed by atoms with Crippen LogP contribution < -0.4 is 25.1 Å². The molecule has 0 aromatic heterocycles. The molecule has 0 radical (unpaired) electrons. The summed E-state index contributed by atoms with van der Waals surface area (Å²) in [5, 5.41) is 0. The van der Waals surface area contributed by atoms with E-state index in [0.29, 0.717) is 18.1 Å². The van der Waals surface area contributed by atoms with Gasteiger partial charge < -0.3 is 14.2 Å². The van der Waals surface area contributed by atoms with Gasteiger partial charge in [-0.2, -0.15) is 0 Å². The normalized spacial score (nSPS) is 11.2. The molecular formula is C20H24N2O5. The summed E-state index contributed by atoms with van der Waals surface area (Å²) in [6.07, 6.45) is -0.701. The van der Waals surface area contributed by atoms with Gasteiger partial charge in [-0.05, 0) is 44.2 Å². The number of rotatable bonds is 8. The Bertz CT molecular complexity index is 761. The zero-order valence-corrected chi connectivity index (χ0v) is 15.7. The van der Waals surface area contributed by atoms with E-state index in [1.54, 1.807) is 50.4 Å². The van der Waals surface area contributed by atoms with Crippen LogP contribution in [0, 0.1) is 0 Å². The quantitative estimate of drug-likeness (QED) is 0.694. The molecule has 2 amide bonds. The van der Waals surface area contributed by atoms with Crippen molar-refractivity contribution in [3.8, 4) is 17.2 Å². The molecule has 2 aromatic carbocycles. The van der Waals surface area contributed by atoms with Gasteiger partial charge in [0, 0.05) is 5.56 Å². The molecule has 144 valence electrons. The first-order valence-electron chi connectivity index (χ1n) is 8.63. The zero-order chi connectivity index (χ0) is 19.6. The molecule has 0 heterocycles. The third-order valence-electron chi connectivity index (χ3n) is 3.69. The summed E-state index contributed by atoms with van der Waals surface area (Å²) < 4.78 is 16.1. The summed E-state index contributed by atoms with van der Waals surface area (Å²) in [6, 6.07) is 14.2. The van der Waals surface area contributed by atoms with Crippen molar-refractivity contribution in [2.75, 3.05) is 13.7 Å². The van der Waals surface area contributed by atoms with Crippen molar-refractivity contribution in [1.82, 2.24) is 10.9 Å². The Labute approximate surface area is 158 Å². The molecule has 0 bridgehead atoms. The first-order chi connectivity index (χ1) is 13.0. The summed E-state index contributed by atoms with van der Waals surface area (Å²) in [6.45, 7) is 4.07. The molecule has 0 fully saturated rings. The lowest BCUT2D eigenvalue weighted by molar-refractivity contribution is -0.132. The molecule has 0 spiro atoms. The zero-order valence-electron chi connectivity index (χ0n) is 15.7. The summed E-state index contributed by atoms with van der Waals surface area (Å²) in [5.41, 5.74) is 5.47. The molecule has 7 heteroatoms. The van der Waals surface area contributed by atoms with Crippen LogP contribution in [0.3, 0.4) is 0 Å². The second-order valence-corrected chi connectivity index (χ2v) is 5.69. The maximum atomic E-state index is 12.1. The topological polar surface area (TPSA) is 85.9 Å². The van der Waals surface area contributed by atoms with Crippen LogP contribution in [0.1, 0.15) is 19.4 Å². The highest BCUT2D eigenvalue weighted by Gasteiger charge is 2.16. The Hall–Kier alpha value is -3.22. The third kappa shape index (κ3) is 6.22. The number of para-hydroxylation sites is 1. The standard InChI is InChI=1S/C20H24N2O5/c1-4-26-16-9-11-17(12-10-16)27-14(2)20(24)22-21-19(23)13-15-7-5-6-8-18(15)25-3/h5-12,14H,4,13H2,1-3H3,(H,21,23)(H,22,24). The number of ether oxygens (including phenoxy) is 3. The van der Waals surface area contributed by atoms with E-state index >= 15 is 0 Å². The second-order valence-electron chi connectivity index (χ2n) is 5.69. The molecule has 7 nitrogen and oxygen atoms in total. The van der Waals surface area contributed by atoms with Crippen molar-refractivity contribution in [2.24, 2.45) is 0 Å². The SMILES string of the molecule is CCOc1ccc(OC(C)C(=O)NNC(=O)Cc2ccccc2OC)cc1. The van der Waals surface area contributed by atoms with E-state index in [0.717, 1.165) is 11.3 Å². The van der Waals surface area contributed by atoms with Crippen LogP contribution in [0.5, 0.6) is 17.2 Å². The van der Waals surface area contributed by atoms with Gasteiger partial charge in [0.15, 0.2) is 6.10 Å². The van der Waals surface area contributed by atoms with Gasteiger partial charge in [0.05, 0.1) is 20.1 Å². The van der Waals surface area contributed by atoms with E-state index in [1.807, 2.05) is 19.1 Å². The van der Waals surface area contributed by atoms with Crippen molar-refractivity contribution in [3.05, 3.63) is 54.1 Å². The molecule has 27 heavy (non-hydrogen) atoms. The molecule has 0 aliphatic rings. The molecule has 0 aliphatic heterocycles. The van der Waals surface area contributed by atoms with Crippen LogP contribution in [0.25, 0.3) is 0 Å². The fourth-order valence-corrected chi connectivity index (χ4v) is 2.34. The predicted octanol–water partition coefficient (Wildman–Crippen LogP) is 2.25. The fraction of sp³-hybridized carbons (Fsp3) is 0.300. The van der Waals surface area contributed by atoms with E-state index in [4.69, 9.17) is 14.2 Å². The van der Waals surface area contributed by atoms with Gasteiger partial charge in [-0.3, -0.25) is 20.4 Å². The van der Waals surface area contributed by atoms with Crippen LogP contribution in [0.4, 0.5) is 0 Å². The largest absolute Gasteiger partial charge is 0.496 e. The van der Waals surface area contributed by atoms with Crippen molar-refractivity contribution >= 4 is 11.8 Å². The maximum Gasteiger partial charge on any atom is 0.279 e. The van der Waals surface area contributed by atoms with Crippen LogP contribution in [-0.2, 0) is 16.0 Å². The Morgan fingerprint density at radius 1 is 1.00 bits per heavy atom. The first-order valence-corrected chi connectivity index (χ1v) is 8.63. The molecule has 2 rings (SSSR count). The lowest BCUT2D eigenvalue weighted by Crippen LogP contribution is -2.47. The van der Waals surface area contributed by atoms with Gasteiger partial charge in [-0.1, -0.05) is 18.2 Å². The van der Waals surface area contributed by atoms with E-state index in [-0.39, 0.29) is 12.3 Å². The number of nitrogens with one attached hydrogen (secondary N) is 2. The first kappa shape index (κ1) is 20.1. The molecule has 0 saturated heterocycles. The molecule has 0 aliphatic carbocycles. The van der Waals surface area contributed by atoms with E-state index in [2.05, 4.69) is 10.9 Å². The van der Waals surface area contributed by atoms with Gasteiger partial charge in [-0.25, -0.2) is 0 Å². The van der Waals surface area contributed by atoms with Crippen LogP contribution in [0.15, 0.2) is 48.5 Å². The average Bonchev–Trinajstić information content (AvgIpc) is 2.68.